The summed E-state index contributed by atoms with van der Waals surface area (Å²) in [4.78, 5) is 15.6. The highest BCUT2D eigenvalue weighted by Crippen LogP contribution is 2.20. The van der Waals surface area contributed by atoms with Crippen LogP contribution in [0.1, 0.15) is 20.3 Å². The minimum atomic E-state index is -0.920. The molecule has 0 saturated heterocycles. The van der Waals surface area contributed by atoms with Crippen molar-refractivity contribution in [2.75, 3.05) is 5.32 Å². The van der Waals surface area contributed by atoms with Crippen molar-refractivity contribution in [1.29, 1.82) is 0 Å². The van der Waals surface area contributed by atoms with Gasteiger partial charge in [0.05, 0.1) is 11.0 Å². The van der Waals surface area contributed by atoms with Crippen LogP contribution in [-0.4, -0.2) is 26.7 Å². The van der Waals surface area contributed by atoms with Crippen LogP contribution in [-0.2, 0) is 11.8 Å². The van der Waals surface area contributed by atoms with E-state index in [2.05, 4.69) is 10.3 Å². The van der Waals surface area contributed by atoms with Crippen molar-refractivity contribution in [3.05, 3.63) is 24.0 Å². The van der Waals surface area contributed by atoms with Gasteiger partial charge in [-0.25, -0.2) is 14.2 Å². The lowest BCUT2D eigenvalue weighted by Gasteiger charge is -2.16. The van der Waals surface area contributed by atoms with Crippen LogP contribution < -0.4 is 5.32 Å². The van der Waals surface area contributed by atoms with E-state index in [1.165, 1.54) is 12.1 Å². The fraction of sp³-hybridized carbons (Fsp3) is 0.429. The van der Waals surface area contributed by atoms with E-state index in [0.717, 1.165) is 0 Å². The monoisotopic (exact) mass is 279 g/mol. The number of imidazole rings is 1. The van der Waals surface area contributed by atoms with Gasteiger partial charge in [0.2, 0.25) is 5.95 Å². The molecule has 20 heavy (non-hydrogen) atoms. The standard InChI is InChI=1S/C14H18FN3O2/c1-8(2)6-11(13(19)20)17-14-16-10-5-4-9(15)7-12(10)18(14)3/h4-5,7-8,11H,6H2,1-3H3,(H,16,17)(H,19,20)/t11-/m1/s1. The van der Waals surface area contributed by atoms with E-state index in [1.807, 2.05) is 13.8 Å². The summed E-state index contributed by atoms with van der Waals surface area (Å²) in [5.74, 6) is -0.588. The Bertz CT molecular complexity index is 637. The topological polar surface area (TPSA) is 67.2 Å². The summed E-state index contributed by atoms with van der Waals surface area (Å²) in [6.45, 7) is 3.92. The lowest BCUT2D eigenvalue weighted by atomic mass is 10.0. The molecule has 6 heteroatoms. The number of nitrogens with zero attached hydrogens (tertiary/aromatic N) is 2. The van der Waals surface area contributed by atoms with Crippen LogP contribution in [0.5, 0.6) is 0 Å². The average Bonchev–Trinajstić information content (AvgIpc) is 2.65. The smallest absolute Gasteiger partial charge is 0.326 e. The Morgan fingerprint density at radius 3 is 2.80 bits per heavy atom. The van der Waals surface area contributed by atoms with Crippen molar-refractivity contribution >= 4 is 23.0 Å². The molecule has 0 fully saturated rings. The maximum Gasteiger partial charge on any atom is 0.326 e. The first-order valence-electron chi connectivity index (χ1n) is 6.49. The second kappa shape index (κ2) is 5.48. The number of carboxylic acid groups (broad SMARTS) is 1. The Balaban J connectivity index is 2.32. The van der Waals surface area contributed by atoms with Crippen molar-refractivity contribution < 1.29 is 14.3 Å². The van der Waals surface area contributed by atoms with Crippen molar-refractivity contribution in [3.8, 4) is 0 Å². The number of nitrogens with one attached hydrogen (secondary N) is 1. The zero-order valence-electron chi connectivity index (χ0n) is 11.7. The van der Waals surface area contributed by atoms with Crippen molar-refractivity contribution in [3.63, 3.8) is 0 Å². The summed E-state index contributed by atoms with van der Waals surface area (Å²) < 4.78 is 14.9. The molecule has 0 aliphatic carbocycles. The van der Waals surface area contributed by atoms with Gasteiger partial charge in [0, 0.05) is 7.05 Å². The normalized spacial score (nSPS) is 12.8. The Morgan fingerprint density at radius 1 is 1.50 bits per heavy atom. The third-order valence-electron chi connectivity index (χ3n) is 3.15. The molecular weight excluding hydrogens is 261 g/mol. The van der Waals surface area contributed by atoms with E-state index in [4.69, 9.17) is 0 Å². The second-order valence-corrected chi connectivity index (χ2v) is 5.29. The van der Waals surface area contributed by atoms with Gasteiger partial charge in [-0.2, -0.15) is 0 Å². The zero-order chi connectivity index (χ0) is 14.9. The Morgan fingerprint density at radius 2 is 2.20 bits per heavy atom. The summed E-state index contributed by atoms with van der Waals surface area (Å²) in [7, 11) is 1.73. The molecule has 0 aliphatic heterocycles. The number of aliphatic carboxylic acids is 1. The van der Waals surface area contributed by atoms with Crippen LogP contribution in [0.3, 0.4) is 0 Å². The number of hydrogen-bond donors (Lipinski definition) is 2. The summed E-state index contributed by atoms with van der Waals surface area (Å²) in [6.07, 6.45) is 0.493. The molecule has 2 rings (SSSR count). The molecule has 0 aliphatic rings. The number of benzene rings is 1. The third kappa shape index (κ3) is 2.89. The average molecular weight is 279 g/mol. The molecule has 0 spiro atoms. The van der Waals surface area contributed by atoms with Gasteiger partial charge in [0.25, 0.3) is 0 Å². The number of fused-ring (bicyclic) bond motifs is 1. The number of anilines is 1. The van der Waals surface area contributed by atoms with Gasteiger partial charge in [0.1, 0.15) is 11.9 Å². The van der Waals surface area contributed by atoms with Crippen LogP contribution in [0.15, 0.2) is 18.2 Å². The molecule has 1 aromatic heterocycles. The molecule has 2 N–H and O–H groups in total. The largest absolute Gasteiger partial charge is 0.480 e. The van der Waals surface area contributed by atoms with E-state index in [-0.39, 0.29) is 11.7 Å². The summed E-state index contributed by atoms with van der Waals surface area (Å²) in [5, 5.41) is 12.2. The van der Waals surface area contributed by atoms with Gasteiger partial charge in [-0.05, 0) is 30.5 Å². The first-order valence-corrected chi connectivity index (χ1v) is 6.49. The number of aryl methyl sites for hydroxylation is 1. The van der Waals surface area contributed by atoms with Crippen molar-refractivity contribution in [1.82, 2.24) is 9.55 Å². The molecule has 5 nitrogen and oxygen atoms in total. The van der Waals surface area contributed by atoms with Crippen molar-refractivity contribution in [2.24, 2.45) is 13.0 Å². The van der Waals surface area contributed by atoms with Crippen LogP contribution in [0.2, 0.25) is 0 Å². The van der Waals surface area contributed by atoms with E-state index >= 15 is 0 Å². The first kappa shape index (κ1) is 14.3. The fourth-order valence-electron chi connectivity index (χ4n) is 2.14. The Kier molecular flexibility index (Phi) is 3.92. The van der Waals surface area contributed by atoms with Gasteiger partial charge in [-0.15, -0.1) is 0 Å². The molecule has 1 aromatic carbocycles. The maximum atomic E-state index is 13.2. The Hall–Kier alpha value is -2.11. The summed E-state index contributed by atoms with van der Waals surface area (Å²) in [5.41, 5.74) is 1.26. The number of carboxylic acids is 1. The predicted molar refractivity (Wildman–Crippen MR) is 75.2 cm³/mol. The molecule has 1 heterocycles. The van der Waals surface area contributed by atoms with E-state index in [0.29, 0.717) is 23.4 Å². The molecule has 0 radical (unpaired) electrons. The maximum absolute atomic E-state index is 13.2. The number of rotatable bonds is 5. The summed E-state index contributed by atoms with van der Waals surface area (Å²) >= 11 is 0. The number of halogens is 1. The molecule has 0 unspecified atom stereocenters. The molecule has 0 saturated carbocycles. The highest BCUT2D eigenvalue weighted by atomic mass is 19.1. The predicted octanol–water partition coefficient (Wildman–Crippen LogP) is 2.62. The number of aromatic nitrogens is 2. The second-order valence-electron chi connectivity index (χ2n) is 5.29. The molecular formula is C14H18FN3O2. The highest BCUT2D eigenvalue weighted by Gasteiger charge is 2.21. The van der Waals surface area contributed by atoms with Crippen molar-refractivity contribution in [2.45, 2.75) is 26.3 Å². The van der Waals surface area contributed by atoms with Gasteiger partial charge in [-0.1, -0.05) is 13.8 Å². The number of carbonyl (C=O) groups is 1. The minimum Gasteiger partial charge on any atom is -0.480 e. The lowest BCUT2D eigenvalue weighted by Crippen LogP contribution is -2.31. The molecule has 2 aromatic rings. The van der Waals surface area contributed by atoms with Gasteiger partial charge >= 0.3 is 5.97 Å². The highest BCUT2D eigenvalue weighted by molar-refractivity contribution is 5.81. The minimum absolute atomic E-state index is 0.246. The van der Waals surface area contributed by atoms with Crippen LogP contribution >= 0.6 is 0 Å². The van der Waals surface area contributed by atoms with E-state index < -0.39 is 12.0 Å². The molecule has 1 atom stereocenters. The quantitative estimate of drug-likeness (QED) is 0.883. The van der Waals surface area contributed by atoms with Crippen LogP contribution in [0, 0.1) is 11.7 Å². The molecule has 0 bridgehead atoms. The van der Waals surface area contributed by atoms with E-state index in [9.17, 15) is 14.3 Å². The SMILES string of the molecule is CC(C)C[C@@H](Nc1nc2ccc(F)cc2n1C)C(=O)O. The number of hydrogen-bond acceptors (Lipinski definition) is 3. The molecule has 108 valence electrons. The Labute approximate surface area is 116 Å². The van der Waals surface area contributed by atoms with Crippen LogP contribution in [0.25, 0.3) is 11.0 Å². The summed E-state index contributed by atoms with van der Waals surface area (Å²) in [6, 6.07) is 3.58. The van der Waals surface area contributed by atoms with Gasteiger partial charge in [0.15, 0.2) is 0 Å². The fourth-order valence-corrected chi connectivity index (χ4v) is 2.14. The lowest BCUT2D eigenvalue weighted by molar-refractivity contribution is -0.138. The third-order valence-corrected chi connectivity index (χ3v) is 3.15. The zero-order valence-corrected chi connectivity index (χ0v) is 11.7. The first-order chi connectivity index (χ1) is 9.38. The van der Waals surface area contributed by atoms with Crippen LogP contribution in [0.4, 0.5) is 10.3 Å². The van der Waals surface area contributed by atoms with Gasteiger partial charge in [-0.3, -0.25) is 0 Å². The van der Waals surface area contributed by atoms with Gasteiger partial charge < -0.3 is 15.0 Å². The van der Waals surface area contributed by atoms with E-state index in [1.54, 1.807) is 17.7 Å². The molecule has 0 amide bonds.